The van der Waals surface area contributed by atoms with E-state index in [4.69, 9.17) is 4.74 Å². The van der Waals surface area contributed by atoms with Gasteiger partial charge in [0.2, 0.25) is 0 Å². The van der Waals surface area contributed by atoms with Crippen LogP contribution in [0.1, 0.15) is 31.1 Å². The van der Waals surface area contributed by atoms with E-state index in [2.05, 4.69) is 4.74 Å². The minimum Gasteiger partial charge on any atom is -0.491 e. The van der Waals surface area contributed by atoms with Crippen LogP contribution in [-0.2, 0) is 9.53 Å². The van der Waals surface area contributed by atoms with Crippen LogP contribution in [0, 0.1) is 0 Å². The number of carbonyl (C=O) groups is 2. The number of benzene rings is 1. The molecule has 0 saturated carbocycles. The van der Waals surface area contributed by atoms with Crippen LogP contribution in [0.4, 0.5) is 0 Å². The van der Waals surface area contributed by atoms with Crippen LogP contribution in [0.2, 0.25) is 0 Å². The topological polar surface area (TPSA) is 55.8 Å². The minimum absolute atomic E-state index is 0.0395. The summed E-state index contributed by atoms with van der Waals surface area (Å²) in [6.45, 7) is 6.04. The molecule has 1 rings (SSSR count). The Labute approximate surface area is 119 Å². The third-order valence-corrected chi connectivity index (χ3v) is 2.67. The van der Waals surface area contributed by atoms with Crippen LogP contribution in [-0.4, -0.2) is 43.1 Å². The van der Waals surface area contributed by atoms with Crippen molar-refractivity contribution in [3.63, 3.8) is 0 Å². The number of nitrogens with zero attached hydrogens (tertiary/aromatic N) is 1. The zero-order valence-electron chi connectivity index (χ0n) is 12.4. The average Bonchev–Trinajstić information content (AvgIpc) is 2.43. The first-order valence-electron chi connectivity index (χ1n) is 6.60. The Hall–Kier alpha value is -2.04. The smallest absolute Gasteiger partial charge is 0.325 e. The van der Waals surface area contributed by atoms with Crippen molar-refractivity contribution in [2.75, 3.05) is 20.2 Å². The molecule has 0 bridgehead atoms. The molecule has 110 valence electrons. The molecule has 0 fully saturated rings. The Morgan fingerprint density at radius 2 is 2.00 bits per heavy atom. The Kier molecular flexibility index (Phi) is 6.03. The molecule has 0 atom stereocenters. The van der Waals surface area contributed by atoms with Crippen LogP contribution in [0.15, 0.2) is 24.3 Å². The van der Waals surface area contributed by atoms with Gasteiger partial charge in [0.1, 0.15) is 12.3 Å². The maximum Gasteiger partial charge on any atom is 0.325 e. The van der Waals surface area contributed by atoms with E-state index in [1.165, 1.54) is 12.0 Å². The van der Waals surface area contributed by atoms with Crippen LogP contribution < -0.4 is 4.74 Å². The van der Waals surface area contributed by atoms with E-state index < -0.39 is 5.97 Å². The maximum absolute atomic E-state index is 12.3. The number of hydrogen-bond donors (Lipinski definition) is 0. The second kappa shape index (κ2) is 7.53. The summed E-state index contributed by atoms with van der Waals surface area (Å²) in [5, 5.41) is 0. The molecule has 0 aromatic heterocycles. The summed E-state index contributed by atoms with van der Waals surface area (Å²) >= 11 is 0. The molecular formula is C15H21NO4. The zero-order valence-corrected chi connectivity index (χ0v) is 12.4. The number of rotatable bonds is 6. The highest BCUT2D eigenvalue weighted by Gasteiger charge is 2.18. The van der Waals surface area contributed by atoms with E-state index in [9.17, 15) is 9.59 Å². The average molecular weight is 279 g/mol. The van der Waals surface area contributed by atoms with Crippen LogP contribution >= 0.6 is 0 Å². The number of methoxy groups -OCH3 is 1. The molecule has 0 heterocycles. The van der Waals surface area contributed by atoms with E-state index in [0.717, 1.165) is 0 Å². The molecule has 5 heteroatoms. The molecule has 0 N–H and O–H groups in total. The van der Waals surface area contributed by atoms with Gasteiger partial charge in [-0.15, -0.1) is 0 Å². The van der Waals surface area contributed by atoms with E-state index in [1.54, 1.807) is 24.3 Å². The first kappa shape index (κ1) is 16.0. The SMILES string of the molecule is CCN(CC(=O)OC)C(=O)c1cccc(OC(C)C)c1. The molecular weight excluding hydrogens is 258 g/mol. The van der Waals surface area contributed by atoms with Gasteiger partial charge < -0.3 is 14.4 Å². The van der Waals surface area contributed by atoms with Crippen molar-refractivity contribution >= 4 is 11.9 Å². The fraction of sp³-hybridized carbons (Fsp3) is 0.467. The van der Waals surface area contributed by atoms with Gasteiger partial charge in [-0.2, -0.15) is 0 Å². The van der Waals surface area contributed by atoms with Crippen molar-refractivity contribution in [3.05, 3.63) is 29.8 Å². The Bertz CT molecular complexity index is 471. The third kappa shape index (κ3) is 4.57. The lowest BCUT2D eigenvalue weighted by Crippen LogP contribution is -2.36. The summed E-state index contributed by atoms with van der Waals surface area (Å²) in [4.78, 5) is 25.0. The van der Waals surface area contributed by atoms with E-state index in [1.807, 2.05) is 20.8 Å². The van der Waals surface area contributed by atoms with E-state index in [0.29, 0.717) is 17.9 Å². The first-order chi connectivity index (χ1) is 9.47. The summed E-state index contributed by atoms with van der Waals surface area (Å²) < 4.78 is 10.1. The Morgan fingerprint density at radius 1 is 1.30 bits per heavy atom. The van der Waals surface area contributed by atoms with Gasteiger partial charge in [-0.1, -0.05) is 6.07 Å². The van der Waals surface area contributed by atoms with Crippen molar-refractivity contribution in [3.8, 4) is 5.75 Å². The zero-order chi connectivity index (χ0) is 15.1. The quantitative estimate of drug-likeness (QED) is 0.748. The highest BCUT2D eigenvalue weighted by atomic mass is 16.5. The van der Waals surface area contributed by atoms with Gasteiger partial charge in [-0.3, -0.25) is 9.59 Å². The predicted octanol–water partition coefficient (Wildman–Crippen LogP) is 2.11. The Morgan fingerprint density at radius 3 is 2.55 bits per heavy atom. The van der Waals surface area contributed by atoms with Gasteiger partial charge in [0.15, 0.2) is 0 Å². The molecule has 0 aliphatic rings. The number of amides is 1. The van der Waals surface area contributed by atoms with Crippen molar-refractivity contribution < 1.29 is 19.1 Å². The molecule has 0 spiro atoms. The van der Waals surface area contributed by atoms with Crippen molar-refractivity contribution in [2.45, 2.75) is 26.9 Å². The molecule has 0 radical (unpaired) electrons. The standard InChI is InChI=1S/C15H21NO4/c1-5-16(10-14(17)19-4)15(18)12-7-6-8-13(9-12)20-11(2)3/h6-9,11H,5,10H2,1-4H3. The van der Waals surface area contributed by atoms with Crippen molar-refractivity contribution in [2.24, 2.45) is 0 Å². The van der Waals surface area contributed by atoms with Crippen molar-refractivity contribution in [1.82, 2.24) is 4.90 Å². The van der Waals surface area contributed by atoms with Gasteiger partial charge >= 0.3 is 5.97 Å². The van der Waals surface area contributed by atoms with Gasteiger partial charge in [0.25, 0.3) is 5.91 Å². The van der Waals surface area contributed by atoms with Crippen LogP contribution in [0.25, 0.3) is 0 Å². The van der Waals surface area contributed by atoms with Crippen LogP contribution in [0.5, 0.6) is 5.75 Å². The van der Waals surface area contributed by atoms with Gasteiger partial charge in [-0.25, -0.2) is 0 Å². The fourth-order valence-corrected chi connectivity index (χ4v) is 1.70. The van der Waals surface area contributed by atoms with E-state index in [-0.39, 0.29) is 18.6 Å². The second-order valence-corrected chi connectivity index (χ2v) is 4.59. The van der Waals surface area contributed by atoms with E-state index >= 15 is 0 Å². The summed E-state index contributed by atoms with van der Waals surface area (Å²) in [5.74, 6) is -0.0122. The molecule has 1 amide bonds. The van der Waals surface area contributed by atoms with Gasteiger partial charge in [-0.05, 0) is 39.0 Å². The molecule has 5 nitrogen and oxygen atoms in total. The largest absolute Gasteiger partial charge is 0.491 e. The maximum atomic E-state index is 12.3. The molecule has 0 saturated heterocycles. The summed E-state index contributed by atoms with van der Waals surface area (Å²) in [6, 6.07) is 6.95. The van der Waals surface area contributed by atoms with Gasteiger partial charge in [0, 0.05) is 12.1 Å². The molecule has 1 aromatic rings. The van der Waals surface area contributed by atoms with Crippen LogP contribution in [0.3, 0.4) is 0 Å². The highest BCUT2D eigenvalue weighted by Crippen LogP contribution is 2.16. The molecule has 1 aromatic carbocycles. The summed E-state index contributed by atoms with van der Waals surface area (Å²) in [5.41, 5.74) is 0.494. The number of hydrogen-bond acceptors (Lipinski definition) is 4. The molecule has 0 unspecified atom stereocenters. The number of likely N-dealkylation sites (N-methyl/N-ethyl adjacent to an activating group) is 1. The number of carbonyl (C=O) groups excluding carboxylic acids is 2. The molecule has 0 aliphatic heterocycles. The predicted molar refractivity (Wildman–Crippen MR) is 75.8 cm³/mol. The van der Waals surface area contributed by atoms with Gasteiger partial charge in [0.05, 0.1) is 13.2 Å². The summed E-state index contributed by atoms with van der Waals surface area (Å²) in [6.07, 6.45) is 0.0395. The lowest BCUT2D eigenvalue weighted by Gasteiger charge is -2.20. The molecule has 0 aliphatic carbocycles. The third-order valence-electron chi connectivity index (χ3n) is 2.67. The Balaban J connectivity index is 2.86. The number of ether oxygens (including phenoxy) is 2. The number of esters is 1. The lowest BCUT2D eigenvalue weighted by molar-refractivity contribution is -0.141. The first-order valence-corrected chi connectivity index (χ1v) is 6.60. The minimum atomic E-state index is -0.435. The summed E-state index contributed by atoms with van der Waals surface area (Å²) in [7, 11) is 1.30. The monoisotopic (exact) mass is 279 g/mol. The van der Waals surface area contributed by atoms with Crippen molar-refractivity contribution in [1.29, 1.82) is 0 Å². The fourth-order valence-electron chi connectivity index (χ4n) is 1.70. The normalized spacial score (nSPS) is 10.2. The molecule has 20 heavy (non-hydrogen) atoms. The second-order valence-electron chi connectivity index (χ2n) is 4.59. The lowest BCUT2D eigenvalue weighted by atomic mass is 10.2. The highest BCUT2D eigenvalue weighted by molar-refractivity contribution is 5.96.